The zero-order valence-electron chi connectivity index (χ0n) is 19.7. The lowest BCUT2D eigenvalue weighted by Gasteiger charge is -2.20. The van der Waals surface area contributed by atoms with Crippen LogP contribution >= 0.6 is 35.0 Å². The normalized spacial score (nSPS) is 10.5. The van der Waals surface area contributed by atoms with Crippen LogP contribution in [0.25, 0.3) is 0 Å². The van der Waals surface area contributed by atoms with E-state index in [1.807, 2.05) is 23.1 Å². The van der Waals surface area contributed by atoms with Gasteiger partial charge >= 0.3 is 0 Å². The molecule has 0 aromatic heterocycles. The molecule has 0 atom stereocenters. The lowest BCUT2D eigenvalue weighted by atomic mass is 10.1. The first-order chi connectivity index (χ1) is 15.6. The number of terminal acetylenes is 1. The second kappa shape index (κ2) is 14.9. The van der Waals surface area contributed by atoms with Crippen LogP contribution < -0.4 is 5.32 Å². The van der Waals surface area contributed by atoms with Crippen LogP contribution in [-0.2, 0) is 5.75 Å². The smallest absolute Gasteiger partial charge is 0.281 e. The molecule has 0 saturated heterocycles. The molecule has 0 aliphatic rings. The van der Waals surface area contributed by atoms with Crippen LogP contribution in [0.15, 0.2) is 48.5 Å². The van der Waals surface area contributed by atoms with Crippen LogP contribution in [-0.4, -0.2) is 34.7 Å². The van der Waals surface area contributed by atoms with Gasteiger partial charge in [-0.1, -0.05) is 85.1 Å². The topological polar surface area (TPSA) is 49.4 Å². The van der Waals surface area contributed by atoms with Crippen molar-refractivity contribution in [2.24, 2.45) is 0 Å². The molecule has 2 aromatic carbocycles. The van der Waals surface area contributed by atoms with Gasteiger partial charge in [-0.2, -0.15) is 0 Å². The highest BCUT2D eigenvalue weighted by Crippen LogP contribution is 2.19. The molecule has 1 N–H and O–H groups in total. The van der Waals surface area contributed by atoms with E-state index in [9.17, 15) is 9.59 Å². The molecule has 33 heavy (non-hydrogen) atoms. The summed E-state index contributed by atoms with van der Waals surface area (Å²) >= 11 is 13.0. The number of amides is 2. The lowest BCUT2D eigenvalue weighted by molar-refractivity contribution is 0.0930. The molecule has 2 amide bonds. The summed E-state index contributed by atoms with van der Waals surface area (Å²) in [5.41, 5.74) is 0.894. The van der Waals surface area contributed by atoms with Crippen LogP contribution in [0.1, 0.15) is 56.5 Å². The number of halogens is 2. The van der Waals surface area contributed by atoms with Gasteiger partial charge in [-0.05, 0) is 50.5 Å². The SMILES string of the molecule is C#CC(C)(C)NC(=O)c1cc(Cl)cc(Cl)c1.CCCN(CCC)C(=O)SCc1ccccc1. The van der Waals surface area contributed by atoms with Crippen molar-refractivity contribution >= 4 is 46.1 Å². The van der Waals surface area contributed by atoms with Gasteiger partial charge in [0.15, 0.2) is 0 Å². The fraction of sp³-hybridized carbons (Fsp3) is 0.385. The molecule has 7 heteroatoms. The highest BCUT2D eigenvalue weighted by Gasteiger charge is 2.18. The molecule has 2 aromatic rings. The van der Waals surface area contributed by atoms with E-state index in [0.29, 0.717) is 15.6 Å². The van der Waals surface area contributed by atoms with Crippen molar-refractivity contribution in [3.05, 3.63) is 69.7 Å². The fourth-order valence-corrected chi connectivity index (χ4v) is 4.10. The van der Waals surface area contributed by atoms with E-state index < -0.39 is 5.54 Å². The minimum absolute atomic E-state index is 0.206. The summed E-state index contributed by atoms with van der Waals surface area (Å²) < 4.78 is 0. The minimum Gasteiger partial charge on any atom is -0.336 e. The Bertz CT molecular complexity index is 917. The van der Waals surface area contributed by atoms with Gasteiger partial charge in [0, 0.05) is 34.5 Å². The van der Waals surface area contributed by atoms with Gasteiger partial charge < -0.3 is 10.2 Å². The zero-order valence-corrected chi connectivity index (χ0v) is 22.0. The van der Waals surface area contributed by atoms with Crippen LogP contribution in [0.2, 0.25) is 10.0 Å². The quantitative estimate of drug-likeness (QED) is 0.382. The maximum Gasteiger partial charge on any atom is 0.281 e. The maximum atomic E-state index is 12.0. The maximum absolute atomic E-state index is 12.0. The number of hydrogen-bond acceptors (Lipinski definition) is 3. The molecule has 0 fully saturated rings. The standard InChI is InChI=1S/C14H21NOS.C12H11Cl2NO/c1-3-10-15(11-4-2)14(16)17-12-13-8-6-5-7-9-13;1-4-12(2,3)15-11(16)8-5-9(13)7-10(14)6-8/h5-9H,3-4,10-12H2,1-2H3;1,5-7H,2-3H3,(H,15,16). The van der Waals surface area contributed by atoms with Crippen molar-refractivity contribution in [3.8, 4) is 12.3 Å². The Balaban J connectivity index is 0.000000331. The first-order valence-electron chi connectivity index (χ1n) is 10.8. The van der Waals surface area contributed by atoms with Crippen LogP contribution in [0.5, 0.6) is 0 Å². The number of hydrogen-bond donors (Lipinski definition) is 1. The molecule has 0 unspecified atom stereocenters. The van der Waals surface area contributed by atoms with Crippen molar-refractivity contribution in [3.63, 3.8) is 0 Å². The molecule has 0 heterocycles. The third-order valence-corrected chi connectivity index (χ3v) is 5.78. The van der Waals surface area contributed by atoms with Gasteiger partial charge in [0.2, 0.25) is 0 Å². The molecule has 0 aliphatic heterocycles. The Morgan fingerprint density at radius 2 is 1.58 bits per heavy atom. The number of nitrogens with one attached hydrogen (secondary N) is 1. The molecule has 2 rings (SSSR count). The molecule has 0 saturated carbocycles. The molecule has 0 radical (unpaired) electrons. The summed E-state index contributed by atoms with van der Waals surface area (Å²) in [5, 5.41) is 3.72. The average Bonchev–Trinajstić information content (AvgIpc) is 2.77. The number of rotatable bonds is 8. The molecular weight excluding hydrogens is 475 g/mol. The Labute approximate surface area is 212 Å². The fourth-order valence-electron chi connectivity index (χ4n) is 2.72. The van der Waals surface area contributed by atoms with Crippen molar-refractivity contribution in [1.82, 2.24) is 10.2 Å². The van der Waals surface area contributed by atoms with Gasteiger partial charge in [0.1, 0.15) is 0 Å². The number of nitrogens with zero attached hydrogens (tertiary/aromatic N) is 1. The summed E-state index contributed by atoms with van der Waals surface area (Å²) in [7, 11) is 0. The van der Waals surface area contributed by atoms with E-state index in [2.05, 4.69) is 37.2 Å². The van der Waals surface area contributed by atoms with E-state index in [1.165, 1.54) is 29.5 Å². The third kappa shape index (κ3) is 11.5. The number of carbonyl (C=O) groups is 2. The summed E-state index contributed by atoms with van der Waals surface area (Å²) in [6, 6.07) is 14.8. The van der Waals surface area contributed by atoms with Crippen molar-refractivity contribution in [2.75, 3.05) is 13.1 Å². The average molecular weight is 508 g/mol. The lowest BCUT2D eigenvalue weighted by Crippen LogP contribution is -2.42. The molecular formula is C26H32Cl2N2O2S. The minimum atomic E-state index is -0.703. The summed E-state index contributed by atoms with van der Waals surface area (Å²) in [6.07, 6.45) is 7.33. The van der Waals surface area contributed by atoms with Crippen molar-refractivity contribution in [2.45, 2.75) is 51.8 Å². The first kappa shape index (κ1) is 28.9. The van der Waals surface area contributed by atoms with E-state index in [0.717, 1.165) is 31.7 Å². The Hall–Kier alpha value is -2.13. The van der Waals surface area contributed by atoms with E-state index in [1.54, 1.807) is 19.9 Å². The Morgan fingerprint density at radius 3 is 2.06 bits per heavy atom. The van der Waals surface area contributed by atoms with E-state index >= 15 is 0 Å². The molecule has 0 aliphatic carbocycles. The third-order valence-electron chi connectivity index (χ3n) is 4.36. The van der Waals surface area contributed by atoms with E-state index in [4.69, 9.17) is 29.6 Å². The van der Waals surface area contributed by atoms with Crippen molar-refractivity contribution < 1.29 is 9.59 Å². The second-order valence-corrected chi connectivity index (χ2v) is 9.71. The molecule has 0 bridgehead atoms. The van der Waals surface area contributed by atoms with Gasteiger partial charge in [-0.25, -0.2) is 0 Å². The number of thioether (sulfide) groups is 1. The summed E-state index contributed by atoms with van der Waals surface area (Å²) in [6.45, 7) is 9.42. The Morgan fingerprint density at radius 1 is 1.03 bits per heavy atom. The molecule has 0 spiro atoms. The van der Waals surface area contributed by atoms with E-state index in [-0.39, 0.29) is 11.1 Å². The van der Waals surface area contributed by atoms with Gasteiger partial charge in [0.25, 0.3) is 11.1 Å². The number of benzene rings is 2. The van der Waals surface area contributed by atoms with Crippen molar-refractivity contribution in [1.29, 1.82) is 0 Å². The first-order valence-corrected chi connectivity index (χ1v) is 12.6. The number of carbonyl (C=O) groups excluding carboxylic acids is 2. The second-order valence-electron chi connectivity index (χ2n) is 7.91. The molecule has 4 nitrogen and oxygen atoms in total. The highest BCUT2D eigenvalue weighted by molar-refractivity contribution is 8.12. The largest absolute Gasteiger partial charge is 0.336 e. The van der Waals surface area contributed by atoms with Gasteiger partial charge in [0.05, 0.1) is 5.54 Å². The summed E-state index contributed by atoms with van der Waals surface area (Å²) in [5.74, 6) is 2.94. The predicted molar refractivity (Wildman–Crippen MR) is 142 cm³/mol. The van der Waals surface area contributed by atoms with Crippen LogP contribution in [0, 0.1) is 12.3 Å². The monoisotopic (exact) mass is 506 g/mol. The highest BCUT2D eigenvalue weighted by atomic mass is 35.5. The zero-order chi connectivity index (χ0) is 24.9. The van der Waals surface area contributed by atoms with Crippen LogP contribution in [0.3, 0.4) is 0 Å². The molecule has 178 valence electrons. The summed E-state index contributed by atoms with van der Waals surface area (Å²) in [4.78, 5) is 25.7. The Kier molecular flexibility index (Phi) is 13.1. The van der Waals surface area contributed by atoms with Crippen LogP contribution in [0.4, 0.5) is 4.79 Å². The van der Waals surface area contributed by atoms with Gasteiger partial charge in [-0.15, -0.1) is 6.42 Å². The predicted octanol–water partition coefficient (Wildman–Crippen LogP) is 7.30. The van der Waals surface area contributed by atoms with Gasteiger partial charge in [-0.3, -0.25) is 9.59 Å².